The van der Waals surface area contributed by atoms with Gasteiger partial charge >= 0.3 is 5.97 Å². The molecular formula is C11H11N3O3. The molecule has 0 aliphatic rings. The Bertz CT molecular complexity index is 574. The fourth-order valence-electron chi connectivity index (χ4n) is 1.52. The van der Waals surface area contributed by atoms with Crippen LogP contribution < -0.4 is 0 Å². The lowest BCUT2D eigenvalue weighted by Gasteiger charge is -1.94. The molecule has 0 bridgehead atoms. The standard InChI is InChI=1S/C11H11N3O3/c1-17-7-9-8(3-4-10(15)16)11-12-5-2-6-14(11)13-9/h2-6H,7H2,1H3,(H,15,16)/b4-3+. The number of rotatable bonds is 4. The van der Waals surface area contributed by atoms with Crippen molar-refractivity contribution in [1.29, 1.82) is 0 Å². The van der Waals surface area contributed by atoms with Gasteiger partial charge in [0.15, 0.2) is 5.65 Å². The third kappa shape index (κ3) is 2.31. The molecule has 0 saturated heterocycles. The Morgan fingerprint density at radius 3 is 3.18 bits per heavy atom. The molecule has 2 aromatic rings. The van der Waals surface area contributed by atoms with Gasteiger partial charge in [-0.25, -0.2) is 14.3 Å². The van der Waals surface area contributed by atoms with Crippen LogP contribution in [0, 0.1) is 0 Å². The van der Waals surface area contributed by atoms with Crippen LogP contribution in [0.5, 0.6) is 0 Å². The van der Waals surface area contributed by atoms with Crippen LogP contribution in [0.1, 0.15) is 11.3 Å². The van der Waals surface area contributed by atoms with Gasteiger partial charge in [-0.05, 0) is 12.1 Å². The number of carboxylic acids is 1. The Balaban J connectivity index is 2.55. The molecule has 0 unspecified atom stereocenters. The zero-order valence-electron chi connectivity index (χ0n) is 9.20. The summed E-state index contributed by atoms with van der Waals surface area (Å²) >= 11 is 0. The van der Waals surface area contributed by atoms with Crippen molar-refractivity contribution in [1.82, 2.24) is 14.6 Å². The van der Waals surface area contributed by atoms with Crippen LogP contribution in [0.25, 0.3) is 11.7 Å². The van der Waals surface area contributed by atoms with Crippen LogP contribution in [-0.2, 0) is 16.1 Å². The van der Waals surface area contributed by atoms with Gasteiger partial charge in [-0.2, -0.15) is 5.10 Å². The SMILES string of the molecule is COCc1nn2cccnc2c1/C=C/C(=O)O. The molecule has 0 spiro atoms. The first kappa shape index (κ1) is 11.3. The Morgan fingerprint density at radius 2 is 2.47 bits per heavy atom. The number of carbonyl (C=O) groups is 1. The lowest BCUT2D eigenvalue weighted by atomic mass is 10.2. The molecule has 2 rings (SSSR count). The van der Waals surface area contributed by atoms with Gasteiger partial charge in [-0.1, -0.05) is 0 Å². The first-order valence-electron chi connectivity index (χ1n) is 4.94. The Hall–Kier alpha value is -2.21. The van der Waals surface area contributed by atoms with E-state index in [1.807, 2.05) is 0 Å². The van der Waals surface area contributed by atoms with Gasteiger partial charge in [0.2, 0.25) is 0 Å². The van der Waals surface area contributed by atoms with E-state index >= 15 is 0 Å². The highest BCUT2D eigenvalue weighted by molar-refractivity contribution is 5.87. The molecule has 0 aromatic carbocycles. The summed E-state index contributed by atoms with van der Waals surface area (Å²) in [5.41, 5.74) is 1.93. The van der Waals surface area contributed by atoms with Gasteiger partial charge in [0.25, 0.3) is 0 Å². The van der Waals surface area contributed by atoms with Crippen molar-refractivity contribution in [2.24, 2.45) is 0 Å². The van der Waals surface area contributed by atoms with Gasteiger partial charge < -0.3 is 9.84 Å². The molecular weight excluding hydrogens is 222 g/mol. The van der Waals surface area contributed by atoms with E-state index in [0.717, 1.165) is 6.08 Å². The normalized spacial score (nSPS) is 11.4. The van der Waals surface area contributed by atoms with Crippen LogP contribution in [0.15, 0.2) is 24.5 Å². The number of fused-ring (bicyclic) bond motifs is 1. The molecule has 0 fully saturated rings. The molecule has 2 aromatic heterocycles. The number of nitrogens with zero attached hydrogens (tertiary/aromatic N) is 3. The molecule has 17 heavy (non-hydrogen) atoms. The van der Waals surface area contributed by atoms with Crippen LogP contribution >= 0.6 is 0 Å². The minimum Gasteiger partial charge on any atom is -0.478 e. The Labute approximate surface area is 97.2 Å². The fraction of sp³-hybridized carbons (Fsp3) is 0.182. The third-order valence-electron chi connectivity index (χ3n) is 2.18. The molecule has 0 aliphatic heterocycles. The molecule has 2 heterocycles. The number of aliphatic carboxylic acids is 1. The summed E-state index contributed by atoms with van der Waals surface area (Å²) < 4.78 is 6.61. The molecule has 0 atom stereocenters. The number of ether oxygens (including phenoxy) is 1. The second-order valence-corrected chi connectivity index (χ2v) is 3.35. The maximum Gasteiger partial charge on any atom is 0.328 e. The Morgan fingerprint density at radius 1 is 1.65 bits per heavy atom. The fourth-order valence-corrected chi connectivity index (χ4v) is 1.52. The van der Waals surface area contributed by atoms with Gasteiger partial charge in [0, 0.05) is 31.1 Å². The third-order valence-corrected chi connectivity index (χ3v) is 2.18. The van der Waals surface area contributed by atoms with Crippen molar-refractivity contribution in [3.05, 3.63) is 35.8 Å². The smallest absolute Gasteiger partial charge is 0.328 e. The van der Waals surface area contributed by atoms with Crippen LogP contribution in [0.3, 0.4) is 0 Å². The van der Waals surface area contributed by atoms with Crippen molar-refractivity contribution in [2.75, 3.05) is 7.11 Å². The monoisotopic (exact) mass is 233 g/mol. The Kier molecular flexibility index (Phi) is 3.15. The number of methoxy groups -OCH3 is 1. The summed E-state index contributed by atoms with van der Waals surface area (Å²) in [6, 6.07) is 1.75. The molecule has 0 aliphatic carbocycles. The number of carboxylic acid groups (broad SMARTS) is 1. The summed E-state index contributed by atoms with van der Waals surface area (Å²) in [5, 5.41) is 12.9. The molecule has 0 saturated carbocycles. The van der Waals surface area contributed by atoms with E-state index in [4.69, 9.17) is 9.84 Å². The lowest BCUT2D eigenvalue weighted by Crippen LogP contribution is -1.92. The second-order valence-electron chi connectivity index (χ2n) is 3.35. The molecule has 6 heteroatoms. The highest BCUT2D eigenvalue weighted by Crippen LogP contribution is 2.16. The zero-order valence-corrected chi connectivity index (χ0v) is 9.20. The summed E-state index contributed by atoms with van der Waals surface area (Å²) in [4.78, 5) is 14.7. The van der Waals surface area contributed by atoms with Crippen molar-refractivity contribution in [3.63, 3.8) is 0 Å². The minimum absolute atomic E-state index is 0.308. The topological polar surface area (TPSA) is 76.7 Å². The number of hydrogen-bond acceptors (Lipinski definition) is 4. The van der Waals surface area contributed by atoms with E-state index in [9.17, 15) is 4.79 Å². The average Bonchev–Trinajstić information content (AvgIpc) is 2.64. The molecule has 1 N–H and O–H groups in total. The average molecular weight is 233 g/mol. The highest BCUT2D eigenvalue weighted by Gasteiger charge is 2.10. The summed E-state index contributed by atoms with van der Waals surface area (Å²) in [6.07, 6.45) is 5.92. The van der Waals surface area contributed by atoms with Gasteiger partial charge in [-0.3, -0.25) is 0 Å². The zero-order chi connectivity index (χ0) is 12.3. The molecule has 0 radical (unpaired) electrons. The van der Waals surface area contributed by atoms with E-state index < -0.39 is 5.97 Å². The van der Waals surface area contributed by atoms with E-state index in [2.05, 4.69) is 10.1 Å². The van der Waals surface area contributed by atoms with Crippen molar-refractivity contribution < 1.29 is 14.6 Å². The van der Waals surface area contributed by atoms with Crippen LogP contribution in [0.2, 0.25) is 0 Å². The van der Waals surface area contributed by atoms with Gasteiger partial charge in [0.1, 0.15) is 0 Å². The maximum atomic E-state index is 10.5. The summed E-state index contributed by atoms with van der Waals surface area (Å²) in [6.45, 7) is 0.308. The van der Waals surface area contributed by atoms with Crippen LogP contribution in [0.4, 0.5) is 0 Å². The minimum atomic E-state index is -1.01. The quantitative estimate of drug-likeness (QED) is 0.796. The van der Waals surface area contributed by atoms with Crippen molar-refractivity contribution in [3.8, 4) is 0 Å². The maximum absolute atomic E-state index is 10.5. The lowest BCUT2D eigenvalue weighted by molar-refractivity contribution is -0.131. The van der Waals surface area contributed by atoms with Crippen molar-refractivity contribution >= 4 is 17.7 Å². The van der Waals surface area contributed by atoms with Crippen LogP contribution in [-0.4, -0.2) is 32.8 Å². The molecule has 6 nitrogen and oxygen atoms in total. The van der Waals surface area contributed by atoms with E-state index in [1.54, 1.807) is 30.1 Å². The van der Waals surface area contributed by atoms with Crippen molar-refractivity contribution in [2.45, 2.75) is 6.61 Å². The molecule has 88 valence electrons. The van der Waals surface area contributed by atoms with Gasteiger partial charge in [-0.15, -0.1) is 0 Å². The van der Waals surface area contributed by atoms with E-state index in [-0.39, 0.29) is 0 Å². The summed E-state index contributed by atoms with van der Waals surface area (Å²) in [7, 11) is 1.56. The first-order valence-corrected chi connectivity index (χ1v) is 4.94. The van der Waals surface area contributed by atoms with Gasteiger partial charge in [0.05, 0.1) is 12.3 Å². The van der Waals surface area contributed by atoms with E-state index in [1.165, 1.54) is 6.08 Å². The summed E-state index contributed by atoms with van der Waals surface area (Å²) in [5.74, 6) is -1.01. The number of aromatic nitrogens is 3. The highest BCUT2D eigenvalue weighted by atomic mass is 16.5. The largest absolute Gasteiger partial charge is 0.478 e. The predicted octanol–water partition coefficient (Wildman–Crippen LogP) is 0.974. The molecule has 0 amide bonds. The number of hydrogen-bond donors (Lipinski definition) is 1. The first-order chi connectivity index (χ1) is 8.22. The predicted molar refractivity (Wildman–Crippen MR) is 60.4 cm³/mol. The van der Waals surface area contributed by atoms with E-state index in [0.29, 0.717) is 23.5 Å². The second kappa shape index (κ2) is 4.75.